The predicted octanol–water partition coefficient (Wildman–Crippen LogP) is 2.17. The summed E-state index contributed by atoms with van der Waals surface area (Å²) < 4.78 is 0. The Labute approximate surface area is 107 Å². The van der Waals surface area contributed by atoms with Gasteiger partial charge in [0.2, 0.25) is 0 Å². The molecule has 0 aliphatic rings. The van der Waals surface area contributed by atoms with Gasteiger partial charge in [-0.25, -0.2) is 0 Å². The second-order valence-corrected chi connectivity index (χ2v) is 5.22. The van der Waals surface area contributed by atoms with Crippen molar-refractivity contribution < 1.29 is 5.11 Å². The summed E-state index contributed by atoms with van der Waals surface area (Å²) in [7, 11) is 3.69. The van der Waals surface area contributed by atoms with Gasteiger partial charge in [-0.1, -0.05) is 11.6 Å². The Morgan fingerprint density at radius 1 is 1.47 bits per heavy atom. The Bertz CT molecular complexity index is 401. The van der Waals surface area contributed by atoms with E-state index in [1.807, 2.05) is 18.0 Å². The first-order valence-corrected chi connectivity index (χ1v) is 5.82. The first-order valence-electron chi connectivity index (χ1n) is 5.45. The van der Waals surface area contributed by atoms with Gasteiger partial charge in [-0.15, -0.1) is 0 Å². The van der Waals surface area contributed by atoms with Crippen LogP contribution in [-0.4, -0.2) is 31.3 Å². The lowest BCUT2D eigenvalue weighted by Gasteiger charge is -2.28. The molecule has 4 nitrogen and oxygen atoms in total. The van der Waals surface area contributed by atoms with Crippen LogP contribution in [0, 0.1) is 0 Å². The Morgan fingerprint density at radius 3 is 2.53 bits per heavy atom. The minimum Gasteiger partial charge on any atom is -0.397 e. The quantitative estimate of drug-likeness (QED) is 0.724. The molecular formula is C12H20ClN3O. The van der Waals surface area contributed by atoms with Gasteiger partial charge in [-0.2, -0.15) is 0 Å². The smallest absolute Gasteiger partial charge is 0.0765 e. The van der Waals surface area contributed by atoms with Gasteiger partial charge in [0.1, 0.15) is 0 Å². The number of hydrogen-bond donors (Lipinski definition) is 3. The van der Waals surface area contributed by atoms with Crippen molar-refractivity contribution in [1.82, 2.24) is 0 Å². The Morgan fingerprint density at radius 2 is 2.06 bits per heavy atom. The fourth-order valence-electron chi connectivity index (χ4n) is 1.75. The summed E-state index contributed by atoms with van der Waals surface area (Å²) in [5, 5.41) is 13.4. The number of nitrogens with one attached hydrogen (secondary N) is 1. The van der Waals surface area contributed by atoms with Crippen LogP contribution in [0.2, 0.25) is 5.02 Å². The molecule has 0 amide bonds. The van der Waals surface area contributed by atoms with E-state index in [4.69, 9.17) is 17.3 Å². The molecule has 1 aromatic rings. The number of halogens is 1. The third-order valence-electron chi connectivity index (χ3n) is 2.42. The molecule has 0 spiro atoms. The molecule has 4 N–H and O–H groups in total. The topological polar surface area (TPSA) is 61.5 Å². The molecule has 17 heavy (non-hydrogen) atoms. The van der Waals surface area contributed by atoms with E-state index in [0.717, 1.165) is 11.4 Å². The van der Waals surface area contributed by atoms with Gasteiger partial charge >= 0.3 is 0 Å². The molecule has 0 radical (unpaired) electrons. The molecule has 1 rings (SSSR count). The van der Waals surface area contributed by atoms with E-state index < -0.39 is 5.60 Å². The van der Waals surface area contributed by atoms with Crippen LogP contribution in [0.15, 0.2) is 12.1 Å². The number of rotatable bonds is 4. The number of likely N-dealkylation sites (N-methyl/N-ethyl adjacent to an activating group) is 1. The van der Waals surface area contributed by atoms with Crippen LogP contribution >= 0.6 is 11.6 Å². The van der Waals surface area contributed by atoms with Gasteiger partial charge in [0.25, 0.3) is 0 Å². The van der Waals surface area contributed by atoms with Crippen LogP contribution in [0.3, 0.4) is 0 Å². The molecule has 0 aromatic heterocycles. The van der Waals surface area contributed by atoms with E-state index in [9.17, 15) is 5.11 Å². The third kappa shape index (κ3) is 3.68. The number of nitrogen functional groups attached to an aromatic ring is 1. The van der Waals surface area contributed by atoms with Crippen molar-refractivity contribution >= 4 is 28.7 Å². The standard InChI is InChI=1S/C12H20ClN3O/c1-12(2,17)7-16(4)11-6-10(15-3)9(14)5-8(11)13/h5-6,15,17H,7,14H2,1-4H3. The average molecular weight is 258 g/mol. The number of hydrogen-bond acceptors (Lipinski definition) is 4. The molecule has 0 unspecified atom stereocenters. The normalized spacial score (nSPS) is 11.4. The van der Waals surface area contributed by atoms with E-state index in [1.165, 1.54) is 0 Å². The van der Waals surface area contributed by atoms with Crippen molar-refractivity contribution in [2.75, 3.05) is 36.6 Å². The van der Waals surface area contributed by atoms with Gasteiger partial charge in [-0.3, -0.25) is 0 Å². The molecule has 0 bridgehead atoms. The van der Waals surface area contributed by atoms with Gasteiger partial charge in [0, 0.05) is 20.6 Å². The molecule has 0 atom stereocenters. The van der Waals surface area contributed by atoms with Crippen LogP contribution in [-0.2, 0) is 0 Å². The Balaban J connectivity index is 3.05. The molecule has 0 heterocycles. The highest BCUT2D eigenvalue weighted by Gasteiger charge is 2.18. The van der Waals surface area contributed by atoms with Crippen molar-refractivity contribution in [2.24, 2.45) is 0 Å². The lowest BCUT2D eigenvalue weighted by atomic mass is 10.1. The van der Waals surface area contributed by atoms with E-state index in [0.29, 0.717) is 17.3 Å². The number of anilines is 3. The summed E-state index contributed by atoms with van der Waals surface area (Å²) in [4.78, 5) is 1.91. The summed E-state index contributed by atoms with van der Waals surface area (Å²) in [6.07, 6.45) is 0. The van der Waals surface area contributed by atoms with Crippen molar-refractivity contribution in [3.8, 4) is 0 Å². The maximum absolute atomic E-state index is 9.80. The summed E-state index contributed by atoms with van der Waals surface area (Å²) in [5.41, 5.74) is 7.31. The van der Waals surface area contributed by atoms with Gasteiger partial charge < -0.3 is 21.1 Å². The summed E-state index contributed by atoms with van der Waals surface area (Å²) in [5.74, 6) is 0. The lowest BCUT2D eigenvalue weighted by Crippen LogP contribution is -2.36. The molecule has 96 valence electrons. The largest absolute Gasteiger partial charge is 0.397 e. The fourth-order valence-corrected chi connectivity index (χ4v) is 2.07. The number of nitrogens with two attached hydrogens (primary N) is 1. The van der Waals surface area contributed by atoms with Crippen molar-refractivity contribution in [2.45, 2.75) is 19.4 Å². The molecule has 0 fully saturated rings. The van der Waals surface area contributed by atoms with Crippen LogP contribution in [0.4, 0.5) is 17.1 Å². The maximum atomic E-state index is 9.80. The number of aliphatic hydroxyl groups is 1. The van der Waals surface area contributed by atoms with Crippen LogP contribution in [0.5, 0.6) is 0 Å². The highest BCUT2D eigenvalue weighted by Crippen LogP contribution is 2.33. The second-order valence-electron chi connectivity index (χ2n) is 4.81. The highest BCUT2D eigenvalue weighted by molar-refractivity contribution is 6.33. The SMILES string of the molecule is CNc1cc(N(C)CC(C)(C)O)c(Cl)cc1N. The summed E-state index contributed by atoms with van der Waals surface area (Å²) >= 11 is 6.15. The van der Waals surface area contributed by atoms with E-state index in [1.54, 1.807) is 27.0 Å². The predicted molar refractivity (Wildman–Crippen MR) is 75.0 cm³/mol. The Kier molecular flexibility index (Phi) is 4.11. The first-order chi connectivity index (χ1) is 7.74. The molecule has 0 aliphatic heterocycles. The summed E-state index contributed by atoms with van der Waals surface area (Å²) in [6.45, 7) is 4.00. The minimum atomic E-state index is -0.779. The highest BCUT2D eigenvalue weighted by atomic mass is 35.5. The second kappa shape index (κ2) is 5.02. The average Bonchev–Trinajstić information content (AvgIpc) is 2.14. The van der Waals surface area contributed by atoms with Gasteiger partial charge in [0.05, 0.1) is 27.7 Å². The molecule has 0 saturated heterocycles. The van der Waals surface area contributed by atoms with E-state index >= 15 is 0 Å². The Hall–Kier alpha value is -1.13. The third-order valence-corrected chi connectivity index (χ3v) is 2.73. The fraction of sp³-hybridized carbons (Fsp3) is 0.500. The van der Waals surface area contributed by atoms with Crippen molar-refractivity contribution in [3.05, 3.63) is 17.2 Å². The van der Waals surface area contributed by atoms with Crippen LogP contribution in [0.25, 0.3) is 0 Å². The monoisotopic (exact) mass is 257 g/mol. The zero-order chi connectivity index (χ0) is 13.2. The van der Waals surface area contributed by atoms with Crippen LogP contribution in [0.1, 0.15) is 13.8 Å². The number of nitrogens with zero attached hydrogens (tertiary/aromatic N) is 1. The summed E-state index contributed by atoms with van der Waals surface area (Å²) in [6, 6.07) is 3.59. The molecule has 0 aliphatic carbocycles. The maximum Gasteiger partial charge on any atom is 0.0765 e. The zero-order valence-electron chi connectivity index (χ0n) is 10.7. The minimum absolute atomic E-state index is 0.486. The first kappa shape index (κ1) is 13.9. The molecular weight excluding hydrogens is 238 g/mol. The van der Waals surface area contributed by atoms with Gasteiger partial charge in [-0.05, 0) is 26.0 Å². The lowest BCUT2D eigenvalue weighted by molar-refractivity contribution is 0.0886. The van der Waals surface area contributed by atoms with E-state index in [-0.39, 0.29) is 0 Å². The van der Waals surface area contributed by atoms with Crippen LogP contribution < -0.4 is 16.0 Å². The zero-order valence-corrected chi connectivity index (χ0v) is 11.5. The number of benzene rings is 1. The van der Waals surface area contributed by atoms with E-state index in [2.05, 4.69) is 5.32 Å². The molecule has 5 heteroatoms. The molecule has 0 saturated carbocycles. The van der Waals surface area contributed by atoms with Crippen molar-refractivity contribution in [3.63, 3.8) is 0 Å². The molecule has 1 aromatic carbocycles. The van der Waals surface area contributed by atoms with Crippen molar-refractivity contribution in [1.29, 1.82) is 0 Å². The van der Waals surface area contributed by atoms with Gasteiger partial charge in [0.15, 0.2) is 0 Å².